The molecule has 0 fully saturated rings. The molecule has 0 radical (unpaired) electrons. The molecule has 0 unspecified atom stereocenters. The van der Waals surface area contributed by atoms with Crippen molar-refractivity contribution in [2.24, 2.45) is 0 Å². The fraction of sp³-hybridized carbons (Fsp3) is 0.130. The van der Waals surface area contributed by atoms with E-state index in [1.165, 1.54) is 23.8 Å². The van der Waals surface area contributed by atoms with Crippen LogP contribution in [0.15, 0.2) is 64.1 Å². The Bertz CT molecular complexity index is 1490. The average molecular weight is 536 g/mol. The van der Waals surface area contributed by atoms with Crippen molar-refractivity contribution in [3.8, 4) is 5.75 Å². The van der Waals surface area contributed by atoms with Crippen molar-refractivity contribution in [2.75, 3.05) is 7.11 Å². The van der Waals surface area contributed by atoms with Crippen molar-refractivity contribution in [1.29, 1.82) is 0 Å². The lowest BCUT2D eigenvalue weighted by Crippen LogP contribution is -2.22. The van der Waals surface area contributed by atoms with Crippen molar-refractivity contribution in [3.63, 3.8) is 0 Å². The topological polar surface area (TPSA) is 74.1 Å². The Hall–Kier alpha value is -3.60. The maximum absolute atomic E-state index is 14.2. The van der Waals surface area contributed by atoms with Crippen molar-refractivity contribution in [3.05, 3.63) is 97.9 Å². The van der Waals surface area contributed by atoms with Gasteiger partial charge in [-0.05, 0) is 58.4 Å². The number of nitrogens with zero attached hydrogens (tertiary/aromatic N) is 3. The van der Waals surface area contributed by atoms with E-state index in [-0.39, 0.29) is 34.5 Å². The fourth-order valence-corrected chi connectivity index (χ4v) is 3.76. The highest BCUT2D eigenvalue weighted by Gasteiger charge is 2.33. The predicted molar refractivity (Wildman–Crippen MR) is 118 cm³/mol. The van der Waals surface area contributed by atoms with Crippen LogP contribution in [0, 0.1) is 5.82 Å². The molecule has 0 spiro atoms. The van der Waals surface area contributed by atoms with Crippen LogP contribution in [-0.2, 0) is 12.7 Å². The first-order valence-corrected chi connectivity index (χ1v) is 10.5. The largest absolute Gasteiger partial charge is 0.494 e. The molecule has 0 aliphatic heterocycles. The van der Waals surface area contributed by atoms with E-state index in [2.05, 4.69) is 25.9 Å². The first-order valence-electron chi connectivity index (χ1n) is 9.69. The van der Waals surface area contributed by atoms with Crippen molar-refractivity contribution in [1.82, 2.24) is 14.5 Å². The zero-order chi connectivity index (χ0) is 24.6. The molecule has 34 heavy (non-hydrogen) atoms. The number of ether oxygens (including phenoxy) is 1. The smallest absolute Gasteiger partial charge is 0.433 e. The highest BCUT2D eigenvalue weighted by Crippen LogP contribution is 2.29. The summed E-state index contributed by atoms with van der Waals surface area (Å²) in [5.41, 5.74) is -2.32. The number of rotatable bonds is 5. The van der Waals surface area contributed by atoms with E-state index in [1.54, 1.807) is 18.2 Å². The maximum atomic E-state index is 14.2. The van der Waals surface area contributed by atoms with E-state index in [0.29, 0.717) is 16.4 Å². The van der Waals surface area contributed by atoms with Gasteiger partial charge in [0.25, 0.3) is 0 Å². The molecule has 0 aliphatic rings. The van der Waals surface area contributed by atoms with E-state index in [9.17, 15) is 27.2 Å². The highest BCUT2D eigenvalue weighted by atomic mass is 79.9. The van der Waals surface area contributed by atoms with Crippen molar-refractivity contribution in [2.45, 2.75) is 12.7 Å². The van der Waals surface area contributed by atoms with Gasteiger partial charge in [0.2, 0.25) is 5.43 Å². The minimum absolute atomic E-state index is 0.0816. The molecule has 0 saturated heterocycles. The summed E-state index contributed by atoms with van der Waals surface area (Å²) < 4.78 is 60.6. The van der Waals surface area contributed by atoms with Crippen LogP contribution in [0.25, 0.3) is 11.0 Å². The second kappa shape index (κ2) is 8.98. The summed E-state index contributed by atoms with van der Waals surface area (Å²) in [7, 11) is 1.26. The maximum Gasteiger partial charge on any atom is 0.433 e. The first kappa shape index (κ1) is 23.6. The van der Waals surface area contributed by atoms with Gasteiger partial charge >= 0.3 is 6.18 Å². The van der Waals surface area contributed by atoms with Crippen LogP contribution < -0.4 is 10.2 Å². The third-order valence-electron chi connectivity index (χ3n) is 4.98. The standard InChI is InChI=1S/C23H14BrF4N3O3/c1-34-17-7-5-12(9-16(17)25)20(32)15-11-31(10-13-3-2-4-19(24)29-13)22-14(21(15)33)6-8-18(30-22)23(26,27)28/h2-9,11H,10H2,1H3. The summed E-state index contributed by atoms with van der Waals surface area (Å²) in [6, 6.07) is 10.1. The Balaban J connectivity index is 1.92. The summed E-state index contributed by atoms with van der Waals surface area (Å²) in [5.74, 6) is -1.69. The molecule has 6 nitrogen and oxygen atoms in total. The van der Waals surface area contributed by atoms with Gasteiger partial charge < -0.3 is 9.30 Å². The highest BCUT2D eigenvalue weighted by molar-refractivity contribution is 9.10. The van der Waals surface area contributed by atoms with Gasteiger partial charge in [-0.15, -0.1) is 0 Å². The first-order chi connectivity index (χ1) is 16.1. The Morgan fingerprint density at radius 3 is 2.53 bits per heavy atom. The van der Waals surface area contributed by atoms with Crippen molar-refractivity contribution < 1.29 is 27.1 Å². The lowest BCUT2D eigenvalue weighted by molar-refractivity contribution is -0.141. The van der Waals surface area contributed by atoms with Gasteiger partial charge in [0, 0.05) is 11.8 Å². The number of carbonyl (C=O) groups excluding carboxylic acids is 1. The zero-order valence-electron chi connectivity index (χ0n) is 17.4. The number of fused-ring (bicyclic) bond motifs is 1. The number of aromatic nitrogens is 3. The molecule has 0 atom stereocenters. The number of alkyl halides is 3. The van der Waals surface area contributed by atoms with Crippen LogP contribution in [-0.4, -0.2) is 27.4 Å². The summed E-state index contributed by atoms with van der Waals surface area (Å²) in [5, 5.41) is -0.192. The molecule has 0 amide bonds. The van der Waals surface area contributed by atoms with E-state index in [4.69, 9.17) is 4.74 Å². The number of benzene rings is 1. The molecule has 0 bridgehead atoms. The van der Waals surface area contributed by atoms with E-state index >= 15 is 0 Å². The monoisotopic (exact) mass is 535 g/mol. The third kappa shape index (κ3) is 4.56. The second-order valence-electron chi connectivity index (χ2n) is 7.20. The second-order valence-corrected chi connectivity index (χ2v) is 8.01. The number of ketones is 1. The minimum atomic E-state index is -4.74. The fourth-order valence-electron chi connectivity index (χ4n) is 3.38. The number of pyridine rings is 3. The molecule has 174 valence electrons. The molecular weight excluding hydrogens is 522 g/mol. The Morgan fingerprint density at radius 1 is 1.12 bits per heavy atom. The van der Waals surface area contributed by atoms with Gasteiger partial charge in [-0.1, -0.05) is 6.07 Å². The zero-order valence-corrected chi connectivity index (χ0v) is 18.9. The van der Waals surface area contributed by atoms with Crippen LogP contribution >= 0.6 is 15.9 Å². The van der Waals surface area contributed by atoms with Crippen molar-refractivity contribution >= 4 is 32.7 Å². The normalized spacial score (nSPS) is 11.6. The van der Waals surface area contributed by atoms with E-state index in [1.807, 2.05) is 0 Å². The molecule has 4 aromatic rings. The van der Waals surface area contributed by atoms with Gasteiger partial charge in [-0.25, -0.2) is 14.4 Å². The quantitative estimate of drug-likeness (QED) is 0.204. The predicted octanol–water partition coefficient (Wildman–Crippen LogP) is 5.00. The molecule has 0 aliphatic carbocycles. The summed E-state index contributed by atoms with van der Waals surface area (Å²) in [6.07, 6.45) is -3.62. The number of methoxy groups -OCH3 is 1. The lowest BCUT2D eigenvalue weighted by Gasteiger charge is -2.14. The molecule has 3 aromatic heterocycles. The van der Waals surface area contributed by atoms with Gasteiger partial charge in [0.05, 0.1) is 30.3 Å². The molecule has 3 heterocycles. The van der Waals surface area contributed by atoms with Crippen LogP contribution in [0.2, 0.25) is 0 Å². The van der Waals surface area contributed by atoms with Gasteiger partial charge in [0.15, 0.2) is 17.3 Å². The minimum Gasteiger partial charge on any atom is -0.494 e. The third-order valence-corrected chi connectivity index (χ3v) is 5.42. The van der Waals surface area contributed by atoms with Gasteiger partial charge in [-0.3, -0.25) is 9.59 Å². The average Bonchev–Trinajstić information content (AvgIpc) is 2.79. The van der Waals surface area contributed by atoms with Gasteiger partial charge in [-0.2, -0.15) is 13.2 Å². The lowest BCUT2D eigenvalue weighted by atomic mass is 10.0. The van der Waals surface area contributed by atoms with Crippen LogP contribution in [0.3, 0.4) is 0 Å². The SMILES string of the molecule is COc1ccc(C(=O)c2cn(Cc3cccc(Br)n3)c3nc(C(F)(F)F)ccc3c2=O)cc1F. The van der Waals surface area contributed by atoms with Crippen LogP contribution in [0.1, 0.15) is 27.3 Å². The molecule has 1 aromatic carbocycles. The number of halogens is 5. The molecule has 11 heteroatoms. The molecule has 0 N–H and O–H groups in total. The number of hydrogen-bond acceptors (Lipinski definition) is 5. The van der Waals surface area contributed by atoms with Crippen LogP contribution in [0.5, 0.6) is 5.75 Å². The molecule has 4 rings (SSSR count). The van der Waals surface area contributed by atoms with Crippen LogP contribution in [0.4, 0.5) is 17.6 Å². The number of carbonyl (C=O) groups is 1. The molecule has 0 saturated carbocycles. The summed E-state index contributed by atoms with van der Waals surface area (Å²) in [6.45, 7) is -0.0816. The van der Waals surface area contributed by atoms with E-state index in [0.717, 1.165) is 18.3 Å². The Morgan fingerprint density at radius 2 is 1.88 bits per heavy atom. The van der Waals surface area contributed by atoms with E-state index < -0.39 is 28.9 Å². The van der Waals surface area contributed by atoms with Gasteiger partial charge in [0.1, 0.15) is 15.9 Å². The molecular formula is C23H14BrF4N3O3. The Labute approximate surface area is 198 Å². The summed E-state index contributed by atoms with van der Waals surface area (Å²) >= 11 is 3.23. The number of hydrogen-bond donors (Lipinski definition) is 0. The Kier molecular flexibility index (Phi) is 6.22. The summed E-state index contributed by atoms with van der Waals surface area (Å²) in [4.78, 5) is 34.1.